The average molecular weight is 171 g/mol. The molecule has 0 spiro atoms. The van der Waals surface area contributed by atoms with Crippen molar-refractivity contribution in [2.24, 2.45) is 0 Å². The molecule has 0 radical (unpaired) electrons. The first kappa shape index (κ1) is 8.11. The topological polar surface area (TPSA) is 26.0 Å². The van der Waals surface area contributed by atoms with Crippen molar-refractivity contribution in [1.82, 2.24) is 0 Å². The van der Waals surface area contributed by atoms with E-state index in [1.165, 1.54) is 16.7 Å². The van der Waals surface area contributed by atoms with Crippen LogP contribution in [-0.4, -0.2) is 0 Å². The van der Waals surface area contributed by atoms with Gasteiger partial charge in [0.2, 0.25) is 0 Å². The number of nitrogen functional groups attached to an aromatic ring is 1. The zero-order valence-electron chi connectivity index (χ0n) is 7.59. The van der Waals surface area contributed by atoms with Gasteiger partial charge in [0.25, 0.3) is 0 Å². The van der Waals surface area contributed by atoms with Crippen molar-refractivity contribution >= 4 is 11.3 Å². The first-order chi connectivity index (χ1) is 6.31. The summed E-state index contributed by atoms with van der Waals surface area (Å²) >= 11 is 0. The molecule has 0 unspecified atom stereocenters. The van der Waals surface area contributed by atoms with Crippen LogP contribution >= 0.6 is 0 Å². The monoisotopic (exact) mass is 171 g/mol. The predicted octanol–water partition coefficient (Wildman–Crippen LogP) is 2.78. The highest BCUT2D eigenvalue weighted by Gasteiger charge is 2.14. The van der Waals surface area contributed by atoms with Crippen LogP contribution in [0.15, 0.2) is 36.9 Å². The lowest BCUT2D eigenvalue weighted by Gasteiger charge is -2.00. The first-order valence-electron chi connectivity index (χ1n) is 4.51. The molecule has 0 aromatic heterocycles. The van der Waals surface area contributed by atoms with Crippen LogP contribution < -0.4 is 5.73 Å². The summed E-state index contributed by atoms with van der Waals surface area (Å²) in [4.78, 5) is 0. The Labute approximate surface area is 78.6 Å². The molecule has 0 fully saturated rings. The van der Waals surface area contributed by atoms with Crippen LogP contribution in [0.2, 0.25) is 0 Å². The van der Waals surface area contributed by atoms with E-state index in [0.29, 0.717) is 0 Å². The van der Waals surface area contributed by atoms with Gasteiger partial charge in [-0.2, -0.15) is 0 Å². The molecule has 66 valence electrons. The second-order valence-corrected chi connectivity index (χ2v) is 3.34. The Morgan fingerprint density at radius 3 is 2.92 bits per heavy atom. The van der Waals surface area contributed by atoms with E-state index in [-0.39, 0.29) is 0 Å². The number of benzene rings is 1. The third-order valence-electron chi connectivity index (χ3n) is 2.46. The fourth-order valence-corrected chi connectivity index (χ4v) is 1.85. The van der Waals surface area contributed by atoms with Gasteiger partial charge in [0, 0.05) is 5.69 Å². The Balaban J connectivity index is 2.49. The Morgan fingerprint density at radius 1 is 1.31 bits per heavy atom. The summed E-state index contributed by atoms with van der Waals surface area (Å²) in [5.41, 5.74) is 10.7. The average Bonchev–Trinajstić information content (AvgIpc) is 2.49. The molecule has 1 heteroatoms. The van der Waals surface area contributed by atoms with Crippen LogP contribution in [0.3, 0.4) is 0 Å². The van der Waals surface area contributed by atoms with Gasteiger partial charge < -0.3 is 5.73 Å². The number of fused-ring (bicyclic) bond motifs is 1. The summed E-state index contributed by atoms with van der Waals surface area (Å²) in [6, 6.07) is 6.13. The van der Waals surface area contributed by atoms with Gasteiger partial charge in [0.05, 0.1) is 0 Å². The van der Waals surface area contributed by atoms with E-state index in [4.69, 9.17) is 5.73 Å². The molecule has 1 aromatic carbocycles. The quantitative estimate of drug-likeness (QED) is 0.646. The molecular weight excluding hydrogens is 158 g/mol. The van der Waals surface area contributed by atoms with Crippen molar-refractivity contribution in [2.75, 3.05) is 5.73 Å². The lowest BCUT2D eigenvalue weighted by molar-refractivity contribution is 1.08. The lowest BCUT2D eigenvalue weighted by Crippen LogP contribution is -1.87. The summed E-state index contributed by atoms with van der Waals surface area (Å²) in [5, 5.41) is 0. The Morgan fingerprint density at radius 2 is 2.15 bits per heavy atom. The normalized spacial score (nSPS) is 17.4. The van der Waals surface area contributed by atoms with Gasteiger partial charge in [0.1, 0.15) is 0 Å². The van der Waals surface area contributed by atoms with E-state index in [9.17, 15) is 0 Å². The van der Waals surface area contributed by atoms with Crippen LogP contribution in [0, 0.1) is 0 Å². The second kappa shape index (κ2) is 3.09. The first-order valence-corrected chi connectivity index (χ1v) is 4.51. The zero-order chi connectivity index (χ0) is 9.26. The summed E-state index contributed by atoms with van der Waals surface area (Å²) in [7, 11) is 0. The maximum Gasteiger partial charge on any atom is 0.0317 e. The Bertz CT molecular complexity index is 375. The van der Waals surface area contributed by atoms with Gasteiger partial charge in [0.15, 0.2) is 0 Å². The van der Waals surface area contributed by atoms with Crippen LogP contribution in [0.25, 0.3) is 5.57 Å². The number of rotatable bonds is 1. The molecular formula is C12H13N. The minimum atomic E-state index is 0.860. The van der Waals surface area contributed by atoms with Gasteiger partial charge in [-0.25, -0.2) is 0 Å². The van der Waals surface area contributed by atoms with Crippen molar-refractivity contribution in [3.63, 3.8) is 0 Å². The highest BCUT2D eigenvalue weighted by Crippen LogP contribution is 2.33. The number of hydrogen-bond acceptors (Lipinski definition) is 1. The summed E-state index contributed by atoms with van der Waals surface area (Å²) in [5.74, 6) is 0. The van der Waals surface area contributed by atoms with Crippen molar-refractivity contribution in [3.8, 4) is 0 Å². The standard InChI is InChI=1S/C12H13N/c1-2-3-9-4-5-10-8-11(13)6-7-12(9)10/h2-3,6-8H,1,4-5,13H2. The van der Waals surface area contributed by atoms with E-state index < -0.39 is 0 Å². The van der Waals surface area contributed by atoms with E-state index >= 15 is 0 Å². The van der Waals surface area contributed by atoms with E-state index in [1.807, 2.05) is 12.1 Å². The van der Waals surface area contributed by atoms with Gasteiger partial charge >= 0.3 is 0 Å². The molecule has 1 aromatic rings. The molecule has 0 bridgehead atoms. The molecule has 1 aliphatic carbocycles. The number of aryl methyl sites for hydroxylation is 1. The fourth-order valence-electron chi connectivity index (χ4n) is 1.85. The minimum Gasteiger partial charge on any atom is -0.399 e. The van der Waals surface area contributed by atoms with Crippen molar-refractivity contribution < 1.29 is 0 Å². The predicted molar refractivity (Wildman–Crippen MR) is 57.3 cm³/mol. The number of allylic oxidation sites excluding steroid dienone is 3. The van der Waals surface area contributed by atoms with Gasteiger partial charge in [-0.3, -0.25) is 0 Å². The number of nitrogens with two attached hydrogens (primary N) is 1. The van der Waals surface area contributed by atoms with Crippen LogP contribution in [0.5, 0.6) is 0 Å². The fraction of sp³-hybridized carbons (Fsp3) is 0.167. The second-order valence-electron chi connectivity index (χ2n) is 3.34. The highest BCUT2D eigenvalue weighted by atomic mass is 14.5. The molecule has 1 aliphatic rings. The largest absolute Gasteiger partial charge is 0.399 e. The molecule has 1 nitrogen and oxygen atoms in total. The maximum absolute atomic E-state index is 5.71. The van der Waals surface area contributed by atoms with Crippen LogP contribution in [0.1, 0.15) is 17.5 Å². The smallest absolute Gasteiger partial charge is 0.0317 e. The maximum atomic E-state index is 5.71. The summed E-state index contributed by atoms with van der Waals surface area (Å²) in [6.45, 7) is 3.71. The van der Waals surface area contributed by atoms with Crippen LogP contribution in [-0.2, 0) is 6.42 Å². The van der Waals surface area contributed by atoms with Crippen molar-refractivity contribution in [3.05, 3.63) is 48.1 Å². The van der Waals surface area contributed by atoms with Gasteiger partial charge in [-0.1, -0.05) is 24.8 Å². The third-order valence-corrected chi connectivity index (χ3v) is 2.46. The highest BCUT2D eigenvalue weighted by molar-refractivity contribution is 5.75. The van der Waals surface area contributed by atoms with Gasteiger partial charge in [-0.15, -0.1) is 0 Å². The van der Waals surface area contributed by atoms with E-state index in [0.717, 1.165) is 18.5 Å². The Kier molecular flexibility index (Phi) is 1.93. The third kappa shape index (κ3) is 1.37. The molecule has 0 aliphatic heterocycles. The molecule has 0 amide bonds. The molecule has 2 N–H and O–H groups in total. The Hall–Kier alpha value is -1.50. The van der Waals surface area contributed by atoms with Gasteiger partial charge in [-0.05, 0) is 41.7 Å². The molecule has 13 heavy (non-hydrogen) atoms. The van der Waals surface area contributed by atoms with E-state index in [2.05, 4.69) is 24.8 Å². The SMILES string of the molecule is C=CC=C1CCc2cc(N)ccc21. The minimum absolute atomic E-state index is 0.860. The van der Waals surface area contributed by atoms with Crippen LogP contribution in [0.4, 0.5) is 5.69 Å². The summed E-state index contributed by atoms with van der Waals surface area (Å²) in [6.07, 6.45) is 6.16. The van der Waals surface area contributed by atoms with E-state index in [1.54, 1.807) is 0 Å². The molecule has 0 heterocycles. The zero-order valence-corrected chi connectivity index (χ0v) is 7.59. The molecule has 0 saturated carbocycles. The molecule has 0 saturated heterocycles. The summed E-state index contributed by atoms with van der Waals surface area (Å²) < 4.78 is 0. The van der Waals surface area contributed by atoms with Crippen molar-refractivity contribution in [2.45, 2.75) is 12.8 Å². The number of anilines is 1. The lowest BCUT2D eigenvalue weighted by atomic mass is 10.1. The van der Waals surface area contributed by atoms with Crippen molar-refractivity contribution in [1.29, 1.82) is 0 Å². The molecule has 2 rings (SSSR count). The molecule has 0 atom stereocenters. The number of hydrogen-bond donors (Lipinski definition) is 1.